The average molecular weight is 251 g/mol. The lowest BCUT2D eigenvalue weighted by atomic mass is 10.0. The summed E-state index contributed by atoms with van der Waals surface area (Å²) in [7, 11) is 0. The van der Waals surface area contributed by atoms with Crippen LogP contribution in [0.15, 0.2) is 17.5 Å². The van der Waals surface area contributed by atoms with Gasteiger partial charge in [0.25, 0.3) is 0 Å². The molecule has 2 nitrogen and oxygen atoms in total. The number of nitrogens with one attached hydrogen (secondary N) is 1. The van der Waals surface area contributed by atoms with Gasteiger partial charge in [0.05, 0.1) is 0 Å². The number of carbonyl (C=O) groups is 1. The fourth-order valence-corrected chi connectivity index (χ4v) is 3.43. The molecule has 0 aliphatic heterocycles. The molecule has 94 valence electrons. The predicted molar refractivity (Wildman–Crippen MR) is 72.2 cm³/mol. The van der Waals surface area contributed by atoms with E-state index in [1.54, 1.807) is 11.3 Å². The van der Waals surface area contributed by atoms with Gasteiger partial charge in [-0.15, -0.1) is 11.3 Å². The average Bonchev–Trinajstić information content (AvgIpc) is 2.90. The second-order valence-corrected chi connectivity index (χ2v) is 6.14. The van der Waals surface area contributed by atoms with E-state index in [1.807, 2.05) is 0 Å². The van der Waals surface area contributed by atoms with Gasteiger partial charge in [-0.1, -0.05) is 18.9 Å². The second-order valence-electron chi connectivity index (χ2n) is 5.11. The number of hydrogen-bond acceptors (Lipinski definition) is 2. The van der Waals surface area contributed by atoms with Crippen LogP contribution in [0.25, 0.3) is 0 Å². The van der Waals surface area contributed by atoms with Crippen LogP contribution in [0.5, 0.6) is 0 Å². The molecule has 1 N–H and O–H groups in total. The highest BCUT2D eigenvalue weighted by molar-refractivity contribution is 7.09. The van der Waals surface area contributed by atoms with E-state index >= 15 is 0 Å². The maximum atomic E-state index is 11.8. The van der Waals surface area contributed by atoms with Crippen LogP contribution in [-0.4, -0.2) is 11.9 Å². The monoisotopic (exact) mass is 251 g/mol. The third-order valence-electron chi connectivity index (χ3n) is 3.44. The SMILES string of the molecule is CC(Cc1cccs1)NC(=O)CC1CCCC1. The van der Waals surface area contributed by atoms with Crippen LogP contribution in [0.1, 0.15) is 43.9 Å². The summed E-state index contributed by atoms with van der Waals surface area (Å²) in [6.45, 7) is 2.09. The molecule has 0 spiro atoms. The Balaban J connectivity index is 1.70. The highest BCUT2D eigenvalue weighted by Gasteiger charge is 2.19. The molecule has 1 atom stereocenters. The van der Waals surface area contributed by atoms with Crippen LogP contribution in [0.2, 0.25) is 0 Å². The van der Waals surface area contributed by atoms with Crippen LogP contribution >= 0.6 is 11.3 Å². The Labute approximate surface area is 107 Å². The van der Waals surface area contributed by atoms with Crippen LogP contribution in [-0.2, 0) is 11.2 Å². The molecule has 1 aromatic heterocycles. The molecule has 1 amide bonds. The first-order chi connectivity index (χ1) is 8.24. The van der Waals surface area contributed by atoms with Gasteiger partial charge in [0.2, 0.25) is 5.91 Å². The zero-order chi connectivity index (χ0) is 12.1. The Bertz CT molecular complexity index is 341. The molecule has 17 heavy (non-hydrogen) atoms. The van der Waals surface area contributed by atoms with Crippen molar-refractivity contribution in [3.05, 3.63) is 22.4 Å². The molecular formula is C14H21NOS. The van der Waals surface area contributed by atoms with Crippen LogP contribution in [0.4, 0.5) is 0 Å². The van der Waals surface area contributed by atoms with E-state index in [0.717, 1.165) is 12.8 Å². The van der Waals surface area contributed by atoms with E-state index in [-0.39, 0.29) is 11.9 Å². The molecule has 1 aliphatic carbocycles. The normalized spacial score (nSPS) is 18.2. The number of hydrogen-bond donors (Lipinski definition) is 1. The minimum Gasteiger partial charge on any atom is -0.353 e. The van der Waals surface area contributed by atoms with E-state index in [1.165, 1.54) is 30.6 Å². The number of rotatable bonds is 5. The van der Waals surface area contributed by atoms with Crippen LogP contribution in [0.3, 0.4) is 0 Å². The molecule has 0 saturated heterocycles. The van der Waals surface area contributed by atoms with Gasteiger partial charge in [0.15, 0.2) is 0 Å². The lowest BCUT2D eigenvalue weighted by Crippen LogP contribution is -2.34. The maximum Gasteiger partial charge on any atom is 0.220 e. The Kier molecular flexibility index (Phi) is 4.60. The zero-order valence-electron chi connectivity index (χ0n) is 10.4. The quantitative estimate of drug-likeness (QED) is 0.854. The fraction of sp³-hybridized carbons (Fsp3) is 0.643. The minimum absolute atomic E-state index is 0.237. The maximum absolute atomic E-state index is 11.8. The third-order valence-corrected chi connectivity index (χ3v) is 4.34. The molecule has 3 heteroatoms. The van der Waals surface area contributed by atoms with Crippen molar-refractivity contribution < 1.29 is 4.79 Å². The van der Waals surface area contributed by atoms with E-state index in [4.69, 9.17) is 0 Å². The van der Waals surface area contributed by atoms with Crippen molar-refractivity contribution in [1.82, 2.24) is 5.32 Å². The van der Waals surface area contributed by atoms with Gasteiger partial charge in [-0.25, -0.2) is 0 Å². The molecule has 1 unspecified atom stereocenters. The lowest BCUT2D eigenvalue weighted by molar-refractivity contribution is -0.122. The standard InChI is InChI=1S/C14H21NOS/c1-11(9-13-7-4-8-17-13)15-14(16)10-12-5-2-3-6-12/h4,7-8,11-12H,2-3,5-6,9-10H2,1H3,(H,15,16). The van der Waals surface area contributed by atoms with Gasteiger partial charge in [0.1, 0.15) is 0 Å². The smallest absolute Gasteiger partial charge is 0.220 e. The lowest BCUT2D eigenvalue weighted by Gasteiger charge is -2.15. The molecule has 0 bridgehead atoms. The van der Waals surface area contributed by atoms with E-state index < -0.39 is 0 Å². The molecule has 0 radical (unpaired) electrons. The Morgan fingerprint density at radius 2 is 2.29 bits per heavy atom. The van der Waals surface area contributed by atoms with Crippen LogP contribution in [0, 0.1) is 5.92 Å². The second kappa shape index (κ2) is 6.20. The molecule has 1 fully saturated rings. The number of thiophene rings is 1. The van der Waals surface area contributed by atoms with Gasteiger partial charge >= 0.3 is 0 Å². The van der Waals surface area contributed by atoms with Gasteiger partial charge in [0, 0.05) is 23.8 Å². The van der Waals surface area contributed by atoms with Crippen molar-refractivity contribution in [2.45, 2.75) is 51.5 Å². The molecule has 1 aliphatic rings. The molecule has 1 heterocycles. The Morgan fingerprint density at radius 3 is 2.94 bits per heavy atom. The topological polar surface area (TPSA) is 29.1 Å². The molecule has 2 rings (SSSR count). The van der Waals surface area contributed by atoms with Crippen molar-refractivity contribution in [3.63, 3.8) is 0 Å². The van der Waals surface area contributed by atoms with E-state index in [0.29, 0.717) is 5.92 Å². The summed E-state index contributed by atoms with van der Waals surface area (Å²) in [4.78, 5) is 13.2. The molecule has 1 saturated carbocycles. The number of amides is 1. The Hall–Kier alpha value is -0.830. The third kappa shape index (κ3) is 4.15. The number of carbonyl (C=O) groups excluding carboxylic acids is 1. The Morgan fingerprint density at radius 1 is 1.53 bits per heavy atom. The minimum atomic E-state index is 0.237. The summed E-state index contributed by atoms with van der Waals surface area (Å²) in [5.74, 6) is 0.880. The van der Waals surface area contributed by atoms with Gasteiger partial charge in [-0.3, -0.25) is 4.79 Å². The van der Waals surface area contributed by atoms with Gasteiger partial charge in [-0.2, -0.15) is 0 Å². The highest BCUT2D eigenvalue weighted by atomic mass is 32.1. The first kappa shape index (κ1) is 12.6. The summed E-state index contributed by atoms with van der Waals surface area (Å²) in [5, 5.41) is 5.20. The van der Waals surface area contributed by atoms with Gasteiger partial charge < -0.3 is 5.32 Å². The summed E-state index contributed by atoms with van der Waals surface area (Å²) in [5.41, 5.74) is 0. The van der Waals surface area contributed by atoms with E-state index in [9.17, 15) is 4.79 Å². The van der Waals surface area contributed by atoms with Gasteiger partial charge in [-0.05, 0) is 37.1 Å². The van der Waals surface area contributed by atoms with Crippen molar-refractivity contribution in [1.29, 1.82) is 0 Å². The molecule has 1 aromatic rings. The first-order valence-corrected chi connectivity index (χ1v) is 7.44. The van der Waals surface area contributed by atoms with Crippen molar-refractivity contribution in [2.24, 2.45) is 5.92 Å². The summed E-state index contributed by atoms with van der Waals surface area (Å²) >= 11 is 1.76. The molecular weight excluding hydrogens is 230 g/mol. The predicted octanol–water partition coefficient (Wildman–Crippen LogP) is 3.38. The fourth-order valence-electron chi connectivity index (χ4n) is 2.59. The summed E-state index contributed by atoms with van der Waals surface area (Å²) in [6.07, 6.45) is 6.79. The molecule has 0 aromatic carbocycles. The largest absolute Gasteiger partial charge is 0.353 e. The van der Waals surface area contributed by atoms with Crippen molar-refractivity contribution >= 4 is 17.2 Å². The first-order valence-electron chi connectivity index (χ1n) is 6.56. The van der Waals surface area contributed by atoms with E-state index in [2.05, 4.69) is 29.8 Å². The zero-order valence-corrected chi connectivity index (χ0v) is 11.3. The summed E-state index contributed by atoms with van der Waals surface area (Å²) in [6, 6.07) is 4.44. The van der Waals surface area contributed by atoms with Crippen molar-refractivity contribution in [2.75, 3.05) is 0 Å². The highest BCUT2D eigenvalue weighted by Crippen LogP contribution is 2.27. The van der Waals surface area contributed by atoms with Crippen molar-refractivity contribution in [3.8, 4) is 0 Å². The van der Waals surface area contributed by atoms with Crippen LogP contribution < -0.4 is 5.32 Å². The summed E-state index contributed by atoms with van der Waals surface area (Å²) < 4.78 is 0.